The molecule has 1 saturated heterocycles. The molecular weight excluding hydrogens is 300 g/mol. The quantitative estimate of drug-likeness (QED) is 0.823. The van der Waals surface area contributed by atoms with Crippen molar-refractivity contribution in [3.63, 3.8) is 0 Å². The van der Waals surface area contributed by atoms with E-state index in [1.54, 1.807) is 4.90 Å². The fourth-order valence-corrected chi connectivity index (χ4v) is 4.33. The Morgan fingerprint density at radius 2 is 1.90 bits per heavy atom. The minimum atomic E-state index is -3.31. The van der Waals surface area contributed by atoms with Gasteiger partial charge in [-0.15, -0.1) is 12.4 Å². The molecule has 5 nitrogen and oxygen atoms in total. The lowest BCUT2D eigenvalue weighted by Gasteiger charge is -2.38. The van der Waals surface area contributed by atoms with Gasteiger partial charge in [-0.3, -0.25) is 4.79 Å². The number of hydrogen-bond donors (Lipinski definition) is 1. The van der Waals surface area contributed by atoms with Gasteiger partial charge in [-0.1, -0.05) is 13.8 Å². The summed E-state index contributed by atoms with van der Waals surface area (Å²) < 4.78 is 23.8. The van der Waals surface area contributed by atoms with E-state index in [-0.39, 0.29) is 47.8 Å². The maximum absolute atomic E-state index is 12.2. The van der Waals surface area contributed by atoms with Crippen molar-refractivity contribution in [2.24, 2.45) is 11.7 Å². The molecule has 0 aromatic rings. The van der Waals surface area contributed by atoms with E-state index in [1.165, 1.54) is 0 Å². The van der Waals surface area contributed by atoms with Crippen molar-refractivity contribution in [1.82, 2.24) is 4.90 Å². The predicted octanol–water partition coefficient (Wildman–Crippen LogP) is 1.21. The van der Waals surface area contributed by atoms with Crippen LogP contribution in [0, 0.1) is 5.92 Å². The third-order valence-corrected chi connectivity index (χ3v) is 5.27. The van der Waals surface area contributed by atoms with Crippen molar-refractivity contribution in [3.8, 4) is 0 Å². The van der Waals surface area contributed by atoms with Crippen molar-refractivity contribution in [2.75, 3.05) is 18.1 Å². The van der Waals surface area contributed by atoms with Crippen LogP contribution in [0.3, 0.4) is 0 Å². The number of halogens is 1. The molecule has 0 saturated carbocycles. The van der Waals surface area contributed by atoms with Crippen LogP contribution in [0.1, 0.15) is 40.0 Å². The van der Waals surface area contributed by atoms with Crippen LogP contribution in [0.5, 0.6) is 0 Å². The van der Waals surface area contributed by atoms with Crippen LogP contribution in [0.4, 0.5) is 0 Å². The molecule has 0 radical (unpaired) electrons. The first kappa shape index (κ1) is 19.7. The molecule has 1 amide bonds. The maximum Gasteiger partial charge on any atom is 0.238 e. The van der Waals surface area contributed by atoms with E-state index in [9.17, 15) is 13.2 Å². The van der Waals surface area contributed by atoms with E-state index in [1.807, 2.05) is 20.8 Å². The summed E-state index contributed by atoms with van der Waals surface area (Å²) in [5.74, 6) is -0.560. The summed E-state index contributed by atoms with van der Waals surface area (Å²) in [4.78, 5) is 13.9. The van der Waals surface area contributed by atoms with E-state index in [0.29, 0.717) is 6.54 Å². The van der Waals surface area contributed by atoms with Gasteiger partial charge < -0.3 is 10.6 Å². The number of hydrogen-bond acceptors (Lipinski definition) is 4. The predicted molar refractivity (Wildman–Crippen MR) is 83.7 cm³/mol. The molecule has 7 heteroatoms. The van der Waals surface area contributed by atoms with Gasteiger partial charge in [-0.25, -0.2) is 8.42 Å². The molecule has 20 heavy (non-hydrogen) atoms. The van der Waals surface area contributed by atoms with Gasteiger partial charge in [-0.05, 0) is 32.1 Å². The average molecular weight is 327 g/mol. The number of carbonyl (C=O) groups excluding carboxylic acids is 1. The highest BCUT2D eigenvalue weighted by Gasteiger charge is 2.31. The standard InChI is InChI=1S/C13H26N2O3S.ClH/c1-10(2)8-19(17,18)9-13(16)15-7-5-4-6-12(15)11(3)14;/h10-12H,4-9,14H2,1-3H3;1H. The Bertz CT molecular complexity index is 410. The summed E-state index contributed by atoms with van der Waals surface area (Å²) in [5.41, 5.74) is 5.90. The second-order valence-electron chi connectivity index (χ2n) is 5.96. The zero-order valence-corrected chi connectivity index (χ0v) is 14.2. The third kappa shape index (κ3) is 5.97. The number of nitrogens with two attached hydrogens (primary N) is 1. The molecule has 0 aromatic carbocycles. The minimum Gasteiger partial charge on any atom is -0.337 e. The van der Waals surface area contributed by atoms with Crippen LogP contribution < -0.4 is 5.73 Å². The van der Waals surface area contributed by atoms with Crippen LogP contribution in [-0.4, -0.2) is 49.4 Å². The normalized spacial score (nSPS) is 21.4. The van der Waals surface area contributed by atoms with Gasteiger partial charge in [0.1, 0.15) is 5.75 Å². The second-order valence-corrected chi connectivity index (χ2v) is 8.07. The summed E-state index contributed by atoms with van der Waals surface area (Å²) in [6.07, 6.45) is 2.85. The highest BCUT2D eigenvalue weighted by atomic mass is 35.5. The lowest BCUT2D eigenvalue weighted by atomic mass is 9.97. The Labute approximate surface area is 128 Å². The Morgan fingerprint density at radius 3 is 2.40 bits per heavy atom. The minimum absolute atomic E-state index is 0. The number of nitrogens with zero attached hydrogens (tertiary/aromatic N) is 1. The molecule has 1 heterocycles. The van der Waals surface area contributed by atoms with Crippen molar-refractivity contribution in [2.45, 2.75) is 52.1 Å². The number of piperidine rings is 1. The Kier molecular flexibility index (Phi) is 8.06. The van der Waals surface area contributed by atoms with Gasteiger partial charge >= 0.3 is 0 Å². The Balaban J connectivity index is 0.00000361. The number of rotatable bonds is 5. The van der Waals surface area contributed by atoms with Crippen molar-refractivity contribution in [3.05, 3.63) is 0 Å². The van der Waals surface area contributed by atoms with Gasteiger partial charge in [0.2, 0.25) is 5.91 Å². The number of amides is 1. The second kappa shape index (κ2) is 8.20. The Hall–Kier alpha value is -0.330. The fourth-order valence-electron chi connectivity index (χ4n) is 2.65. The molecule has 0 spiro atoms. The first-order valence-electron chi connectivity index (χ1n) is 6.98. The SMILES string of the molecule is CC(C)CS(=O)(=O)CC(=O)N1CCCCC1C(C)N.Cl. The van der Waals surface area contributed by atoms with Crippen molar-refractivity contribution in [1.29, 1.82) is 0 Å². The smallest absolute Gasteiger partial charge is 0.238 e. The molecule has 120 valence electrons. The third-order valence-electron chi connectivity index (χ3n) is 3.41. The van der Waals surface area contributed by atoms with Crippen molar-refractivity contribution < 1.29 is 13.2 Å². The summed E-state index contributed by atoms with van der Waals surface area (Å²) in [5, 5.41) is 0. The van der Waals surface area contributed by atoms with Crippen LogP contribution in [0.25, 0.3) is 0 Å². The molecule has 0 bridgehead atoms. The topological polar surface area (TPSA) is 80.5 Å². The maximum atomic E-state index is 12.2. The average Bonchev–Trinajstić information content (AvgIpc) is 2.26. The van der Waals surface area contributed by atoms with Gasteiger partial charge in [0.25, 0.3) is 0 Å². The van der Waals surface area contributed by atoms with E-state index < -0.39 is 9.84 Å². The highest BCUT2D eigenvalue weighted by Crippen LogP contribution is 2.19. The lowest BCUT2D eigenvalue weighted by molar-refractivity contribution is -0.132. The van der Waals surface area contributed by atoms with Crippen LogP contribution in [0.15, 0.2) is 0 Å². The molecule has 1 fully saturated rings. The summed E-state index contributed by atoms with van der Waals surface area (Å²) >= 11 is 0. The van der Waals surface area contributed by atoms with E-state index >= 15 is 0 Å². The summed E-state index contributed by atoms with van der Waals surface area (Å²) in [7, 11) is -3.31. The molecule has 0 aliphatic carbocycles. The molecule has 1 rings (SSSR count). The molecule has 1 aliphatic rings. The zero-order chi connectivity index (χ0) is 14.6. The van der Waals surface area contributed by atoms with Gasteiger partial charge in [0, 0.05) is 18.6 Å². The number of carbonyl (C=O) groups is 1. The largest absolute Gasteiger partial charge is 0.337 e. The number of sulfone groups is 1. The van der Waals surface area contributed by atoms with Crippen molar-refractivity contribution >= 4 is 28.2 Å². The fraction of sp³-hybridized carbons (Fsp3) is 0.923. The monoisotopic (exact) mass is 326 g/mol. The van der Waals surface area contributed by atoms with Gasteiger partial charge in [0.05, 0.1) is 5.75 Å². The summed E-state index contributed by atoms with van der Waals surface area (Å²) in [6.45, 7) is 6.18. The molecule has 2 N–H and O–H groups in total. The lowest BCUT2D eigenvalue weighted by Crippen LogP contribution is -2.53. The van der Waals surface area contributed by atoms with Gasteiger partial charge in [0.15, 0.2) is 9.84 Å². The number of likely N-dealkylation sites (tertiary alicyclic amines) is 1. The molecule has 2 unspecified atom stereocenters. The van der Waals surface area contributed by atoms with E-state index in [4.69, 9.17) is 5.73 Å². The first-order valence-corrected chi connectivity index (χ1v) is 8.80. The molecule has 1 aliphatic heterocycles. The molecule has 0 aromatic heterocycles. The highest BCUT2D eigenvalue weighted by molar-refractivity contribution is 7.92. The van der Waals surface area contributed by atoms with E-state index in [2.05, 4.69) is 0 Å². The Morgan fingerprint density at radius 1 is 1.30 bits per heavy atom. The van der Waals surface area contributed by atoms with Crippen LogP contribution in [0.2, 0.25) is 0 Å². The van der Waals surface area contributed by atoms with Crippen LogP contribution in [-0.2, 0) is 14.6 Å². The van der Waals surface area contributed by atoms with Crippen LogP contribution >= 0.6 is 12.4 Å². The molecule has 2 atom stereocenters. The van der Waals surface area contributed by atoms with Gasteiger partial charge in [-0.2, -0.15) is 0 Å². The van der Waals surface area contributed by atoms with E-state index in [0.717, 1.165) is 19.3 Å². The zero-order valence-electron chi connectivity index (χ0n) is 12.5. The summed E-state index contributed by atoms with van der Waals surface area (Å²) in [6, 6.07) is -0.132. The molecular formula is C13H27ClN2O3S. The first-order chi connectivity index (χ1) is 8.73.